The average Bonchev–Trinajstić information content (AvgIpc) is 3.45. The topological polar surface area (TPSA) is 71.1 Å². The van der Waals surface area contributed by atoms with Crippen molar-refractivity contribution in [2.75, 3.05) is 20.2 Å². The van der Waals surface area contributed by atoms with Crippen molar-refractivity contribution in [3.05, 3.63) is 11.6 Å². The molecule has 1 spiro atoms. The summed E-state index contributed by atoms with van der Waals surface area (Å²) in [4.78, 5) is 19.6. The summed E-state index contributed by atoms with van der Waals surface area (Å²) in [6.45, 7) is 2.17. The van der Waals surface area contributed by atoms with E-state index in [9.17, 15) is 4.79 Å². The van der Waals surface area contributed by atoms with Gasteiger partial charge in [-0.3, -0.25) is 9.89 Å². The van der Waals surface area contributed by atoms with Crippen LogP contribution in [0.25, 0.3) is 0 Å². The molecule has 3 aliphatic carbocycles. The predicted octanol–water partition coefficient (Wildman–Crippen LogP) is 2.09. The zero-order valence-electron chi connectivity index (χ0n) is 14.3. The first-order chi connectivity index (χ1) is 11.7. The van der Waals surface area contributed by atoms with Crippen LogP contribution in [0.15, 0.2) is 0 Å². The lowest BCUT2D eigenvalue weighted by Crippen LogP contribution is -2.41. The zero-order valence-corrected chi connectivity index (χ0v) is 14.3. The van der Waals surface area contributed by atoms with Gasteiger partial charge in [-0.1, -0.05) is 0 Å². The van der Waals surface area contributed by atoms with Crippen molar-refractivity contribution in [2.24, 2.45) is 23.2 Å². The molecule has 6 heteroatoms. The Morgan fingerprint density at radius 3 is 2.79 bits per heavy atom. The summed E-state index contributed by atoms with van der Waals surface area (Å²) in [5, 5.41) is 7.41. The van der Waals surface area contributed by atoms with Crippen LogP contribution < -0.4 is 0 Å². The number of rotatable bonds is 5. The normalized spacial score (nSPS) is 31.5. The molecule has 2 heterocycles. The van der Waals surface area contributed by atoms with Crippen molar-refractivity contribution in [3.8, 4) is 0 Å². The molecule has 1 aromatic rings. The Morgan fingerprint density at radius 2 is 2.12 bits per heavy atom. The number of aromatic nitrogens is 3. The Labute approximate surface area is 142 Å². The quantitative estimate of drug-likeness (QED) is 0.897. The Hall–Kier alpha value is -1.43. The van der Waals surface area contributed by atoms with Crippen molar-refractivity contribution in [3.63, 3.8) is 0 Å². The molecular formula is C18H26N4O2. The minimum Gasteiger partial charge on any atom is -0.377 e. The van der Waals surface area contributed by atoms with E-state index in [0.29, 0.717) is 35.7 Å². The number of amides is 1. The van der Waals surface area contributed by atoms with E-state index < -0.39 is 0 Å². The second-order valence-electron chi connectivity index (χ2n) is 8.53. The van der Waals surface area contributed by atoms with Gasteiger partial charge in [0.15, 0.2) is 11.6 Å². The fraction of sp³-hybridized carbons (Fsp3) is 0.833. The summed E-state index contributed by atoms with van der Waals surface area (Å²) in [5.74, 6) is 3.93. The minimum atomic E-state index is 0.290. The lowest BCUT2D eigenvalue weighted by Gasteiger charge is -2.37. The van der Waals surface area contributed by atoms with E-state index in [2.05, 4.69) is 20.1 Å². The van der Waals surface area contributed by atoms with Crippen LogP contribution in [-0.2, 0) is 16.1 Å². The van der Waals surface area contributed by atoms with Gasteiger partial charge in [0.25, 0.3) is 0 Å². The molecule has 1 N–H and O–H groups in total. The van der Waals surface area contributed by atoms with Gasteiger partial charge in [0.2, 0.25) is 5.91 Å². The summed E-state index contributed by atoms with van der Waals surface area (Å²) < 4.78 is 5.13. The second-order valence-corrected chi connectivity index (χ2v) is 8.53. The van der Waals surface area contributed by atoms with E-state index in [1.54, 1.807) is 7.11 Å². The smallest absolute Gasteiger partial charge is 0.225 e. The maximum Gasteiger partial charge on any atom is 0.225 e. The maximum absolute atomic E-state index is 12.9. The van der Waals surface area contributed by atoms with Crippen LogP contribution in [0.5, 0.6) is 0 Å². The third-order valence-corrected chi connectivity index (χ3v) is 6.73. The first-order valence-electron chi connectivity index (χ1n) is 9.36. The lowest BCUT2D eigenvalue weighted by molar-refractivity contribution is -0.139. The van der Waals surface area contributed by atoms with Crippen molar-refractivity contribution in [1.82, 2.24) is 20.1 Å². The van der Waals surface area contributed by atoms with Crippen LogP contribution in [-0.4, -0.2) is 46.2 Å². The highest BCUT2D eigenvalue weighted by Gasteiger charge is 2.56. The average molecular weight is 330 g/mol. The van der Waals surface area contributed by atoms with Gasteiger partial charge in [-0.05, 0) is 55.8 Å². The standard InChI is InChI=1S/C18H26N4O2/c1-24-10-15-19-16(21-20-15)14-9-22(8-13(14)11-2-3-11)17(23)12-6-18(7-12)4-5-18/h11-14H,2-10H2,1H3,(H,19,20,21)/t13-,14+/m1/s1. The third kappa shape index (κ3) is 2.46. The van der Waals surface area contributed by atoms with Crippen LogP contribution in [0.3, 0.4) is 0 Å². The Bertz CT molecular complexity index is 641. The molecule has 1 aromatic heterocycles. The summed E-state index contributed by atoms with van der Waals surface area (Å²) in [5.41, 5.74) is 0.591. The molecule has 130 valence electrons. The highest BCUT2D eigenvalue weighted by Crippen LogP contribution is 2.63. The SMILES string of the molecule is COCc1nc([C@H]2CN(C(=O)C3CC4(CC4)C3)C[C@@H]2C2CC2)n[nH]1. The summed E-state index contributed by atoms with van der Waals surface area (Å²) in [7, 11) is 1.66. The Balaban J connectivity index is 1.29. The van der Waals surface area contributed by atoms with Crippen LogP contribution in [0.2, 0.25) is 0 Å². The van der Waals surface area contributed by atoms with Crippen LogP contribution in [0.4, 0.5) is 0 Å². The number of H-pyrrole nitrogens is 1. The molecule has 0 unspecified atom stereocenters. The fourth-order valence-electron chi connectivity index (χ4n) is 4.96. The Morgan fingerprint density at radius 1 is 1.33 bits per heavy atom. The number of aromatic amines is 1. The van der Waals surface area contributed by atoms with E-state index >= 15 is 0 Å². The van der Waals surface area contributed by atoms with Gasteiger partial charge in [0, 0.05) is 32.0 Å². The molecule has 5 rings (SSSR count). The molecule has 4 fully saturated rings. The van der Waals surface area contributed by atoms with E-state index in [1.165, 1.54) is 25.7 Å². The maximum atomic E-state index is 12.9. The van der Waals surface area contributed by atoms with Gasteiger partial charge in [-0.15, -0.1) is 0 Å². The van der Waals surface area contributed by atoms with Crippen molar-refractivity contribution < 1.29 is 9.53 Å². The molecule has 0 bridgehead atoms. The van der Waals surface area contributed by atoms with Gasteiger partial charge in [-0.25, -0.2) is 4.98 Å². The molecule has 6 nitrogen and oxygen atoms in total. The number of likely N-dealkylation sites (tertiary alicyclic amines) is 1. The molecule has 24 heavy (non-hydrogen) atoms. The number of ether oxygens (including phenoxy) is 1. The highest BCUT2D eigenvalue weighted by molar-refractivity contribution is 5.80. The Kier molecular flexibility index (Phi) is 3.27. The molecule has 0 aromatic carbocycles. The van der Waals surface area contributed by atoms with Crippen molar-refractivity contribution in [2.45, 2.75) is 51.0 Å². The summed E-state index contributed by atoms with van der Waals surface area (Å²) in [6, 6.07) is 0. The number of carbonyl (C=O) groups excluding carboxylic acids is 1. The summed E-state index contributed by atoms with van der Waals surface area (Å²) >= 11 is 0. The van der Waals surface area contributed by atoms with Crippen molar-refractivity contribution >= 4 is 5.91 Å². The largest absolute Gasteiger partial charge is 0.377 e. The van der Waals surface area contributed by atoms with Gasteiger partial charge in [-0.2, -0.15) is 5.10 Å². The molecule has 1 amide bonds. The summed E-state index contributed by atoms with van der Waals surface area (Å²) in [6.07, 6.45) is 7.57. The molecule has 4 aliphatic rings. The fourth-order valence-corrected chi connectivity index (χ4v) is 4.96. The van der Waals surface area contributed by atoms with Crippen LogP contribution >= 0.6 is 0 Å². The van der Waals surface area contributed by atoms with Gasteiger partial charge in [0.1, 0.15) is 6.61 Å². The van der Waals surface area contributed by atoms with E-state index in [1.807, 2.05) is 0 Å². The van der Waals surface area contributed by atoms with Crippen LogP contribution in [0.1, 0.15) is 56.1 Å². The molecular weight excluding hydrogens is 304 g/mol. The molecule has 3 saturated carbocycles. The third-order valence-electron chi connectivity index (χ3n) is 6.73. The predicted molar refractivity (Wildman–Crippen MR) is 87.0 cm³/mol. The van der Waals surface area contributed by atoms with Gasteiger partial charge in [0.05, 0.1) is 0 Å². The monoisotopic (exact) mass is 330 g/mol. The first kappa shape index (κ1) is 14.9. The molecule has 1 saturated heterocycles. The van der Waals surface area contributed by atoms with Crippen molar-refractivity contribution in [1.29, 1.82) is 0 Å². The molecule has 1 aliphatic heterocycles. The van der Waals surface area contributed by atoms with E-state index in [0.717, 1.165) is 43.5 Å². The molecule has 0 radical (unpaired) electrons. The van der Waals surface area contributed by atoms with E-state index in [4.69, 9.17) is 4.74 Å². The van der Waals surface area contributed by atoms with Gasteiger partial charge < -0.3 is 9.64 Å². The lowest BCUT2D eigenvalue weighted by atomic mass is 9.71. The number of nitrogens with zero attached hydrogens (tertiary/aromatic N) is 3. The highest BCUT2D eigenvalue weighted by atomic mass is 16.5. The van der Waals surface area contributed by atoms with Gasteiger partial charge >= 0.3 is 0 Å². The number of methoxy groups -OCH3 is 1. The minimum absolute atomic E-state index is 0.290. The first-order valence-corrected chi connectivity index (χ1v) is 9.36. The number of hydrogen-bond acceptors (Lipinski definition) is 4. The number of nitrogens with one attached hydrogen (secondary N) is 1. The van der Waals surface area contributed by atoms with E-state index in [-0.39, 0.29) is 0 Å². The second kappa shape index (κ2) is 5.28. The molecule has 2 atom stereocenters. The number of carbonyl (C=O) groups is 1. The zero-order chi connectivity index (χ0) is 16.3. The van der Waals surface area contributed by atoms with Crippen LogP contribution in [0, 0.1) is 23.2 Å². The number of hydrogen-bond donors (Lipinski definition) is 1.